The fourth-order valence-electron chi connectivity index (χ4n) is 2.64. The minimum atomic E-state index is -0.188. The molecular weight excluding hydrogens is 294 g/mol. The van der Waals surface area contributed by atoms with E-state index in [2.05, 4.69) is 48.2 Å². The Morgan fingerprint density at radius 2 is 2.14 bits per heavy atom. The molecule has 3 rings (SSSR count). The molecule has 4 nitrogen and oxygen atoms in total. The van der Waals surface area contributed by atoms with E-state index in [4.69, 9.17) is 0 Å². The minimum absolute atomic E-state index is 0.0484. The molecule has 1 aromatic heterocycles. The van der Waals surface area contributed by atoms with Crippen LogP contribution >= 0.6 is 11.3 Å². The van der Waals surface area contributed by atoms with Crippen LogP contribution in [0.4, 0.5) is 0 Å². The van der Waals surface area contributed by atoms with Crippen LogP contribution in [0.3, 0.4) is 0 Å². The van der Waals surface area contributed by atoms with Gasteiger partial charge in [0.05, 0.1) is 6.54 Å². The van der Waals surface area contributed by atoms with E-state index in [9.17, 15) is 4.79 Å². The van der Waals surface area contributed by atoms with E-state index in [-0.39, 0.29) is 18.0 Å². The van der Waals surface area contributed by atoms with E-state index < -0.39 is 0 Å². The third-order valence-electron chi connectivity index (χ3n) is 4.17. The van der Waals surface area contributed by atoms with Crippen molar-refractivity contribution in [3.05, 3.63) is 57.3 Å². The van der Waals surface area contributed by atoms with Gasteiger partial charge in [0.25, 0.3) is 0 Å². The zero-order valence-electron chi connectivity index (χ0n) is 12.8. The number of aryl methyl sites for hydroxylation is 2. The molecule has 1 saturated heterocycles. The van der Waals surface area contributed by atoms with Crippen molar-refractivity contribution < 1.29 is 4.79 Å². The van der Waals surface area contributed by atoms with Crippen LogP contribution in [0, 0.1) is 13.8 Å². The molecule has 2 aromatic rings. The smallest absolute Gasteiger partial charge is 0.238 e. The third-order valence-corrected chi connectivity index (χ3v) is 5.05. The molecule has 1 aliphatic heterocycles. The highest BCUT2D eigenvalue weighted by Gasteiger charge is 2.30. The number of hydrogen-bond acceptors (Lipinski definition) is 4. The number of rotatable bonds is 4. The molecule has 1 amide bonds. The molecule has 2 unspecified atom stereocenters. The van der Waals surface area contributed by atoms with Gasteiger partial charge in [-0.05, 0) is 48.4 Å². The van der Waals surface area contributed by atoms with E-state index >= 15 is 0 Å². The first kappa shape index (κ1) is 15.2. The molecule has 5 heteroatoms. The summed E-state index contributed by atoms with van der Waals surface area (Å²) < 4.78 is 0. The first-order valence-electron chi connectivity index (χ1n) is 7.52. The molecule has 1 aliphatic rings. The van der Waals surface area contributed by atoms with E-state index in [1.54, 1.807) is 11.3 Å². The van der Waals surface area contributed by atoms with Gasteiger partial charge in [-0.1, -0.05) is 24.3 Å². The van der Waals surface area contributed by atoms with Crippen molar-refractivity contribution in [2.24, 2.45) is 0 Å². The summed E-state index contributed by atoms with van der Waals surface area (Å²) in [6.45, 7) is 4.83. The number of benzene rings is 1. The number of thiophene rings is 1. The zero-order chi connectivity index (χ0) is 15.5. The number of amides is 1. The third kappa shape index (κ3) is 3.38. The van der Waals surface area contributed by atoms with Gasteiger partial charge in [-0.25, -0.2) is 10.9 Å². The first-order valence-corrected chi connectivity index (χ1v) is 8.40. The molecule has 0 bridgehead atoms. The normalized spacial score (nSPS) is 21.0. The van der Waals surface area contributed by atoms with Crippen molar-refractivity contribution in [1.82, 2.24) is 16.2 Å². The van der Waals surface area contributed by atoms with Crippen LogP contribution < -0.4 is 16.2 Å². The molecule has 1 aromatic carbocycles. The minimum Gasteiger partial charge on any atom is -0.350 e. The molecule has 0 spiro atoms. The van der Waals surface area contributed by atoms with E-state index in [1.807, 2.05) is 17.5 Å². The summed E-state index contributed by atoms with van der Waals surface area (Å²) in [5, 5.41) is 5.01. The number of nitrogens with one attached hydrogen (secondary N) is 3. The summed E-state index contributed by atoms with van der Waals surface area (Å²) in [7, 11) is 0. The summed E-state index contributed by atoms with van der Waals surface area (Å²) >= 11 is 1.66. The van der Waals surface area contributed by atoms with Crippen LogP contribution in [0.15, 0.2) is 35.7 Å². The lowest BCUT2D eigenvalue weighted by Crippen LogP contribution is -2.42. The second-order valence-corrected chi connectivity index (χ2v) is 6.80. The Balaban J connectivity index is 1.57. The molecule has 116 valence electrons. The molecule has 22 heavy (non-hydrogen) atoms. The summed E-state index contributed by atoms with van der Waals surface area (Å²) in [6, 6.07) is 10.5. The van der Waals surface area contributed by atoms with E-state index in [1.165, 1.54) is 21.6 Å². The second kappa shape index (κ2) is 6.60. The van der Waals surface area contributed by atoms with Crippen LogP contribution in [0.1, 0.15) is 34.0 Å². The predicted octanol–water partition coefficient (Wildman–Crippen LogP) is 2.59. The topological polar surface area (TPSA) is 53.2 Å². The largest absolute Gasteiger partial charge is 0.350 e. The summed E-state index contributed by atoms with van der Waals surface area (Å²) in [5.74, 6) is 0.0484. The predicted molar refractivity (Wildman–Crippen MR) is 89.5 cm³/mol. The number of hydrazine groups is 1. The number of hydrogen-bond donors (Lipinski definition) is 3. The number of carbonyl (C=O) groups is 1. The van der Waals surface area contributed by atoms with Gasteiger partial charge in [0.1, 0.15) is 6.04 Å². The standard InChI is InChI=1S/C17H21N3OS/c1-11-5-6-13(8-12(11)2)15-9-16(20-19-15)17(21)18-10-14-4-3-7-22-14/h3-8,15-16,19-20H,9-10H2,1-2H3,(H,18,21). The van der Waals surface area contributed by atoms with Crippen LogP contribution in [-0.2, 0) is 11.3 Å². The lowest BCUT2D eigenvalue weighted by atomic mass is 9.98. The Morgan fingerprint density at radius 3 is 2.86 bits per heavy atom. The summed E-state index contributed by atoms with van der Waals surface area (Å²) in [6.07, 6.45) is 0.763. The molecular formula is C17H21N3OS. The van der Waals surface area contributed by atoms with Crippen molar-refractivity contribution in [3.63, 3.8) is 0 Å². The molecule has 0 radical (unpaired) electrons. The van der Waals surface area contributed by atoms with Gasteiger partial charge in [-0.2, -0.15) is 0 Å². The van der Waals surface area contributed by atoms with Crippen molar-refractivity contribution in [3.8, 4) is 0 Å². The van der Waals surface area contributed by atoms with Crippen LogP contribution in [-0.4, -0.2) is 11.9 Å². The molecule has 0 aliphatic carbocycles. The van der Waals surface area contributed by atoms with Gasteiger partial charge in [0.2, 0.25) is 5.91 Å². The van der Waals surface area contributed by atoms with E-state index in [0.717, 1.165) is 6.42 Å². The fourth-order valence-corrected chi connectivity index (χ4v) is 3.28. The van der Waals surface area contributed by atoms with Gasteiger partial charge in [0.15, 0.2) is 0 Å². The lowest BCUT2D eigenvalue weighted by Gasteiger charge is -2.12. The van der Waals surface area contributed by atoms with Crippen LogP contribution in [0.2, 0.25) is 0 Å². The fraction of sp³-hybridized carbons (Fsp3) is 0.353. The Bertz CT molecular complexity index is 654. The summed E-state index contributed by atoms with van der Waals surface area (Å²) in [4.78, 5) is 13.4. The molecule has 2 atom stereocenters. The van der Waals surface area contributed by atoms with E-state index in [0.29, 0.717) is 6.54 Å². The Hall–Kier alpha value is -1.69. The van der Waals surface area contributed by atoms with Gasteiger partial charge >= 0.3 is 0 Å². The quantitative estimate of drug-likeness (QED) is 0.813. The molecule has 3 N–H and O–H groups in total. The highest BCUT2D eigenvalue weighted by atomic mass is 32.1. The molecule has 2 heterocycles. The van der Waals surface area contributed by atoms with Crippen molar-refractivity contribution >= 4 is 17.2 Å². The Kier molecular flexibility index (Phi) is 4.57. The highest BCUT2D eigenvalue weighted by Crippen LogP contribution is 2.24. The first-order chi connectivity index (χ1) is 10.6. The average molecular weight is 315 g/mol. The molecule has 1 fully saturated rings. The van der Waals surface area contributed by atoms with Gasteiger partial charge in [0, 0.05) is 10.9 Å². The van der Waals surface area contributed by atoms with Gasteiger partial charge in [-0.3, -0.25) is 4.79 Å². The monoisotopic (exact) mass is 315 g/mol. The maximum atomic E-state index is 12.2. The SMILES string of the molecule is Cc1ccc(C2CC(C(=O)NCc3cccs3)NN2)cc1C. The van der Waals surface area contributed by atoms with Gasteiger partial charge < -0.3 is 5.32 Å². The second-order valence-electron chi connectivity index (χ2n) is 5.77. The highest BCUT2D eigenvalue weighted by molar-refractivity contribution is 7.09. The van der Waals surface area contributed by atoms with Crippen molar-refractivity contribution in [1.29, 1.82) is 0 Å². The maximum Gasteiger partial charge on any atom is 0.238 e. The summed E-state index contributed by atoms with van der Waals surface area (Å²) in [5.41, 5.74) is 10.1. The maximum absolute atomic E-state index is 12.2. The van der Waals surface area contributed by atoms with Crippen LogP contribution in [0.5, 0.6) is 0 Å². The Morgan fingerprint density at radius 1 is 1.27 bits per heavy atom. The average Bonchev–Trinajstić information content (AvgIpc) is 3.18. The molecule has 0 saturated carbocycles. The van der Waals surface area contributed by atoms with Crippen LogP contribution in [0.25, 0.3) is 0 Å². The van der Waals surface area contributed by atoms with Gasteiger partial charge in [-0.15, -0.1) is 11.3 Å². The van der Waals surface area contributed by atoms with Crippen molar-refractivity contribution in [2.45, 2.75) is 38.9 Å². The van der Waals surface area contributed by atoms with Crippen molar-refractivity contribution in [2.75, 3.05) is 0 Å². The zero-order valence-corrected chi connectivity index (χ0v) is 13.7. The number of carbonyl (C=O) groups excluding carboxylic acids is 1. The lowest BCUT2D eigenvalue weighted by molar-refractivity contribution is -0.123. The Labute approximate surface area is 134 Å².